The lowest BCUT2D eigenvalue weighted by Crippen LogP contribution is -2.15. The van der Waals surface area contributed by atoms with Gasteiger partial charge in [-0.2, -0.15) is 0 Å². The molecule has 0 atom stereocenters. The molecular weight excluding hydrogens is 741 g/mol. The van der Waals surface area contributed by atoms with E-state index in [-0.39, 0.29) is 5.84 Å². The Hall–Kier alpha value is -8.08. The number of nitrogens with two attached hydrogens (primary N) is 1. The van der Waals surface area contributed by atoms with Gasteiger partial charge in [0.15, 0.2) is 5.84 Å². The Morgan fingerprint density at radius 2 is 0.934 bits per heavy atom. The van der Waals surface area contributed by atoms with E-state index in [0.29, 0.717) is 5.84 Å². The van der Waals surface area contributed by atoms with Crippen LogP contribution in [0.2, 0.25) is 0 Å². The lowest BCUT2D eigenvalue weighted by molar-refractivity contribution is 1.18. The number of hydrogen-bond acceptors (Lipinski definition) is 1. The zero-order valence-corrected chi connectivity index (χ0v) is 33.8. The van der Waals surface area contributed by atoms with Gasteiger partial charge in [-0.25, -0.2) is 4.99 Å². The molecule has 0 fully saturated rings. The van der Waals surface area contributed by atoms with E-state index in [9.17, 15) is 5.41 Å². The number of para-hydroxylation sites is 1. The van der Waals surface area contributed by atoms with Crippen LogP contribution in [0.3, 0.4) is 0 Å². The van der Waals surface area contributed by atoms with Crippen LogP contribution >= 0.6 is 0 Å². The molecule has 0 spiro atoms. The molecule has 4 nitrogen and oxygen atoms in total. The third kappa shape index (κ3) is 7.00. The highest BCUT2D eigenvalue weighted by molar-refractivity contribution is 6.30. The summed E-state index contributed by atoms with van der Waals surface area (Å²) in [5, 5.41) is 18.3. The van der Waals surface area contributed by atoms with Crippen LogP contribution in [0.25, 0.3) is 82.1 Å². The van der Waals surface area contributed by atoms with Crippen molar-refractivity contribution in [3.05, 3.63) is 235 Å². The second-order valence-electron chi connectivity index (χ2n) is 15.4. The molecule has 290 valence electrons. The highest BCUT2D eigenvalue weighted by Gasteiger charge is 2.17. The number of aromatic nitrogens is 1. The summed E-state index contributed by atoms with van der Waals surface area (Å²) in [5.74, 6) is 0.454. The van der Waals surface area contributed by atoms with Crippen LogP contribution in [0.5, 0.6) is 0 Å². The monoisotopic (exact) mass is 782 g/mol. The SMILES string of the molecule is Cc1ccccc1.N=C(N=C(N)c1ccccc1)c1cccc2c3ccccc3c3ccc(-c4ccc5c6ccccc6n(-c6ccc(-c7ccccc7)cc6)c5c4)cc3c12. The van der Waals surface area contributed by atoms with E-state index >= 15 is 0 Å². The molecule has 0 bridgehead atoms. The number of nitrogens with one attached hydrogen (secondary N) is 1. The molecule has 3 N–H and O–H groups in total. The molecule has 0 aliphatic rings. The maximum absolute atomic E-state index is 9.23. The van der Waals surface area contributed by atoms with Gasteiger partial charge in [0.05, 0.1) is 11.0 Å². The van der Waals surface area contributed by atoms with E-state index in [1.165, 1.54) is 38.4 Å². The fraction of sp³-hybridized carbons (Fsp3) is 0.0175. The lowest BCUT2D eigenvalue weighted by Gasteiger charge is -2.15. The molecule has 11 rings (SSSR count). The second-order valence-corrected chi connectivity index (χ2v) is 15.4. The molecule has 10 aromatic carbocycles. The molecule has 0 aliphatic carbocycles. The normalized spacial score (nSPS) is 11.6. The first-order valence-corrected chi connectivity index (χ1v) is 20.6. The van der Waals surface area contributed by atoms with Gasteiger partial charge in [0.2, 0.25) is 0 Å². The Balaban J connectivity index is 0.000000581. The summed E-state index contributed by atoms with van der Waals surface area (Å²) >= 11 is 0. The van der Waals surface area contributed by atoms with Gasteiger partial charge in [0, 0.05) is 33.0 Å². The number of fused-ring (bicyclic) bond motifs is 9. The minimum atomic E-state index is 0.133. The minimum Gasteiger partial charge on any atom is -0.383 e. The smallest absolute Gasteiger partial charge is 0.154 e. The zero-order chi connectivity index (χ0) is 41.3. The lowest BCUT2D eigenvalue weighted by atomic mass is 9.89. The summed E-state index contributed by atoms with van der Waals surface area (Å²) in [7, 11) is 0. The molecule has 11 aromatic rings. The van der Waals surface area contributed by atoms with Crippen molar-refractivity contribution < 1.29 is 0 Å². The van der Waals surface area contributed by atoms with Crippen LogP contribution in [-0.2, 0) is 0 Å². The van der Waals surface area contributed by atoms with Crippen LogP contribution in [0.15, 0.2) is 223 Å². The Labute approximate surface area is 355 Å². The van der Waals surface area contributed by atoms with E-state index in [0.717, 1.165) is 60.4 Å². The summed E-state index contributed by atoms with van der Waals surface area (Å²) in [6, 6.07) is 76.1. The summed E-state index contributed by atoms with van der Waals surface area (Å²) < 4.78 is 2.38. The van der Waals surface area contributed by atoms with Gasteiger partial charge in [-0.05, 0) is 86.4 Å². The topological polar surface area (TPSA) is 67.2 Å². The maximum Gasteiger partial charge on any atom is 0.154 e. The second kappa shape index (κ2) is 15.9. The number of benzene rings is 10. The molecule has 0 unspecified atom stereocenters. The van der Waals surface area contributed by atoms with E-state index in [2.05, 4.69) is 174 Å². The number of hydrogen-bond donors (Lipinski definition) is 2. The predicted molar refractivity (Wildman–Crippen MR) is 259 cm³/mol. The largest absolute Gasteiger partial charge is 0.383 e. The first kappa shape index (κ1) is 37.2. The molecule has 0 saturated heterocycles. The van der Waals surface area contributed by atoms with Crippen LogP contribution in [-0.4, -0.2) is 16.2 Å². The van der Waals surface area contributed by atoms with Crippen LogP contribution in [0.4, 0.5) is 0 Å². The van der Waals surface area contributed by atoms with Gasteiger partial charge >= 0.3 is 0 Å². The summed E-state index contributed by atoms with van der Waals surface area (Å²) in [5.41, 5.74) is 17.4. The highest BCUT2D eigenvalue weighted by atomic mass is 15.0. The van der Waals surface area contributed by atoms with Gasteiger partial charge in [-0.1, -0.05) is 194 Å². The Bertz CT molecular complexity index is 3420. The van der Waals surface area contributed by atoms with Crippen LogP contribution in [0, 0.1) is 12.3 Å². The average molecular weight is 783 g/mol. The molecule has 1 heterocycles. The molecule has 0 aliphatic heterocycles. The van der Waals surface area contributed by atoms with E-state index in [4.69, 9.17) is 5.73 Å². The number of aryl methyl sites for hydroxylation is 1. The molecule has 0 saturated carbocycles. The van der Waals surface area contributed by atoms with Crippen molar-refractivity contribution in [1.29, 1.82) is 5.41 Å². The van der Waals surface area contributed by atoms with Gasteiger partial charge in [0.1, 0.15) is 5.84 Å². The van der Waals surface area contributed by atoms with Crippen LogP contribution < -0.4 is 5.73 Å². The molecule has 0 radical (unpaired) electrons. The minimum absolute atomic E-state index is 0.133. The van der Waals surface area contributed by atoms with Crippen molar-refractivity contribution in [1.82, 2.24) is 4.57 Å². The first-order chi connectivity index (χ1) is 30.0. The van der Waals surface area contributed by atoms with E-state index < -0.39 is 0 Å². The van der Waals surface area contributed by atoms with Gasteiger partial charge < -0.3 is 10.3 Å². The molecule has 0 amide bonds. The van der Waals surface area contributed by atoms with Crippen molar-refractivity contribution in [3.63, 3.8) is 0 Å². The first-order valence-electron chi connectivity index (χ1n) is 20.6. The third-order valence-corrected chi connectivity index (χ3v) is 11.6. The van der Waals surface area contributed by atoms with Crippen molar-refractivity contribution in [2.45, 2.75) is 6.92 Å². The predicted octanol–water partition coefficient (Wildman–Crippen LogP) is 14.3. The Kier molecular flexibility index (Phi) is 9.72. The van der Waals surface area contributed by atoms with E-state index in [1.54, 1.807) is 0 Å². The maximum atomic E-state index is 9.23. The van der Waals surface area contributed by atoms with Crippen molar-refractivity contribution in [2.24, 2.45) is 10.7 Å². The van der Waals surface area contributed by atoms with Crippen LogP contribution in [0.1, 0.15) is 16.7 Å². The van der Waals surface area contributed by atoms with Crippen molar-refractivity contribution in [2.75, 3.05) is 0 Å². The quantitative estimate of drug-likeness (QED) is 0.102. The fourth-order valence-electron chi connectivity index (χ4n) is 8.63. The number of amidine groups is 2. The zero-order valence-electron chi connectivity index (χ0n) is 33.8. The number of aliphatic imine (C=N–C) groups is 1. The molecule has 61 heavy (non-hydrogen) atoms. The standard InChI is InChI=1S/C50H34N4.C7H8/c51-49(34-14-5-2-6-15-34)53-50(52)44-20-11-19-43-39-17-8-7-16-38(39)40-28-24-35(30-45(40)48(43)44)36-25-29-42-41-18-9-10-21-46(41)54(47(42)31-36)37-26-22-33(23-27-37)32-12-3-1-4-13-32;1-7-5-3-2-4-6-7/h1-31H,(H3,51,52,53);2-6H,1H3. The van der Waals surface area contributed by atoms with Gasteiger partial charge in [-0.3, -0.25) is 5.41 Å². The van der Waals surface area contributed by atoms with Gasteiger partial charge in [-0.15, -0.1) is 0 Å². The average Bonchev–Trinajstić information content (AvgIpc) is 3.66. The Morgan fingerprint density at radius 1 is 0.426 bits per heavy atom. The fourth-order valence-corrected chi connectivity index (χ4v) is 8.63. The van der Waals surface area contributed by atoms with Crippen molar-refractivity contribution in [3.8, 4) is 27.9 Å². The van der Waals surface area contributed by atoms with Gasteiger partial charge in [0.25, 0.3) is 0 Å². The molecular formula is C57H42N4. The Morgan fingerprint density at radius 3 is 1.62 bits per heavy atom. The summed E-state index contributed by atoms with van der Waals surface area (Å²) in [6.07, 6.45) is 0. The molecule has 1 aromatic heterocycles. The molecule has 4 heteroatoms. The highest BCUT2D eigenvalue weighted by Crippen LogP contribution is 2.40. The third-order valence-electron chi connectivity index (χ3n) is 11.6. The number of nitrogens with zero attached hydrogens (tertiary/aromatic N) is 2. The van der Waals surface area contributed by atoms with E-state index in [1.807, 2.05) is 60.7 Å². The summed E-state index contributed by atoms with van der Waals surface area (Å²) in [4.78, 5) is 4.63. The number of rotatable bonds is 5. The summed E-state index contributed by atoms with van der Waals surface area (Å²) in [6.45, 7) is 2.08. The van der Waals surface area contributed by atoms with Crippen molar-refractivity contribution >= 4 is 65.8 Å².